The van der Waals surface area contributed by atoms with Gasteiger partial charge >= 0.3 is 178 Å². The number of aliphatic hydroxyl groups excluding tert-OH is 2. The Morgan fingerprint density at radius 2 is 2.19 bits per heavy atom. The standard InChI is InChI=1S/C18H17BF3N5O3S/c20-18(21,22)9-4-14(30-13-3-1-2-11-10(13)6-23-8-25-11)16(24-5-9)27-17-26-15(19-31-17)12(29)7-28/h4-6,8,12-13,28-29H,1-3,7H2,(H,24,26,27). The molecule has 162 valence electrons. The van der Waals surface area contributed by atoms with Crippen LogP contribution in [-0.4, -0.2) is 42.9 Å². The number of ether oxygens (including phenoxy) is 1. The number of hydrogen-bond donors (Lipinski definition) is 3. The Bertz CT molecular complexity index is 1140. The van der Waals surface area contributed by atoms with Crippen LogP contribution >= 0.6 is 11.2 Å². The molecule has 0 saturated heterocycles. The van der Waals surface area contributed by atoms with Crippen LogP contribution in [0.4, 0.5) is 19.0 Å². The van der Waals surface area contributed by atoms with Gasteiger partial charge in [-0.3, -0.25) is 0 Å². The van der Waals surface area contributed by atoms with Crippen molar-refractivity contribution in [3.8, 4) is 5.75 Å². The van der Waals surface area contributed by atoms with Crippen molar-refractivity contribution in [2.24, 2.45) is 4.99 Å². The van der Waals surface area contributed by atoms with Crippen molar-refractivity contribution in [1.29, 1.82) is 0 Å². The van der Waals surface area contributed by atoms with E-state index >= 15 is 0 Å². The number of alkyl halides is 3. The molecule has 0 fully saturated rings. The number of aromatic nitrogens is 4. The molecule has 0 radical (unpaired) electrons. The van der Waals surface area contributed by atoms with Gasteiger partial charge in [-0.05, 0) is 0 Å². The molecule has 4 rings (SSSR count). The van der Waals surface area contributed by atoms with E-state index in [2.05, 4.69) is 24.9 Å². The zero-order chi connectivity index (χ0) is 22.0. The SMILES string of the molecule is OCC(O)c1bs/c(=N\c2ncc(C(F)(F)F)cc2OC2CCCc3ncncc32)[nH]1. The van der Waals surface area contributed by atoms with Crippen molar-refractivity contribution >= 4 is 23.2 Å². The number of H-pyrrole nitrogens is 1. The second kappa shape index (κ2) is 8.85. The number of nitrogens with one attached hydrogen (secondary N) is 1. The van der Waals surface area contributed by atoms with Crippen molar-refractivity contribution in [1.82, 2.24) is 19.9 Å². The van der Waals surface area contributed by atoms with Crippen molar-refractivity contribution in [2.45, 2.75) is 37.6 Å². The molecule has 2 atom stereocenters. The van der Waals surface area contributed by atoms with Gasteiger partial charge in [-0.2, -0.15) is 0 Å². The topological polar surface area (TPSA) is 117 Å². The van der Waals surface area contributed by atoms with Gasteiger partial charge in [-0.1, -0.05) is 0 Å². The minimum atomic E-state index is -4.59. The molecule has 31 heavy (non-hydrogen) atoms. The number of rotatable bonds is 5. The number of fused-ring (bicyclic) bond motifs is 1. The number of nitrogens with zero attached hydrogens (tertiary/aromatic N) is 4. The second-order valence-electron chi connectivity index (χ2n) is 6.90. The molecule has 0 amide bonds. The average molecular weight is 451 g/mol. The van der Waals surface area contributed by atoms with Crippen molar-refractivity contribution in [3.63, 3.8) is 0 Å². The van der Waals surface area contributed by atoms with Gasteiger partial charge in [-0.25, -0.2) is 0 Å². The van der Waals surface area contributed by atoms with Crippen LogP contribution in [0.5, 0.6) is 5.75 Å². The number of pyridine rings is 1. The van der Waals surface area contributed by atoms with Crippen LogP contribution in [0.15, 0.2) is 29.8 Å². The molecule has 8 nitrogen and oxygen atoms in total. The van der Waals surface area contributed by atoms with Crippen LogP contribution in [0.3, 0.4) is 0 Å². The van der Waals surface area contributed by atoms with E-state index in [4.69, 9.17) is 9.84 Å². The molecular formula is C18H17BF3N5O3S. The number of aromatic amines is 1. The monoisotopic (exact) mass is 451 g/mol. The Kier molecular flexibility index (Phi) is 6.16. The molecule has 2 unspecified atom stereocenters. The summed E-state index contributed by atoms with van der Waals surface area (Å²) in [4.78, 5) is 19.5. The van der Waals surface area contributed by atoms with E-state index in [0.717, 1.165) is 41.3 Å². The van der Waals surface area contributed by atoms with Crippen LogP contribution in [0.25, 0.3) is 0 Å². The van der Waals surface area contributed by atoms with Crippen LogP contribution in [0.1, 0.15) is 47.5 Å². The number of hydrogen-bond acceptors (Lipinski definition) is 8. The fourth-order valence-electron chi connectivity index (χ4n) is 3.21. The summed E-state index contributed by atoms with van der Waals surface area (Å²) in [6, 6.07) is 0.876. The summed E-state index contributed by atoms with van der Waals surface area (Å²) < 4.78 is 45.8. The normalized spacial score (nSPS) is 17.8. The molecule has 13 heteroatoms. The van der Waals surface area contributed by atoms with Gasteiger partial charge in [-0.15, -0.1) is 0 Å². The molecule has 0 saturated carbocycles. The zero-order valence-corrected chi connectivity index (χ0v) is 16.8. The molecule has 0 aliphatic heterocycles. The first kappa shape index (κ1) is 21.6. The van der Waals surface area contributed by atoms with Gasteiger partial charge in [0.05, 0.1) is 0 Å². The van der Waals surface area contributed by atoms with E-state index in [1.54, 1.807) is 12.4 Å². The summed E-state index contributed by atoms with van der Waals surface area (Å²) in [5.41, 5.74) is 0.916. The Morgan fingerprint density at radius 3 is 2.97 bits per heavy atom. The molecule has 3 aromatic rings. The number of aryl methyl sites for hydroxylation is 1. The Balaban J connectivity index is 1.73. The predicted octanol–water partition coefficient (Wildman–Crippen LogP) is 2.33. The van der Waals surface area contributed by atoms with E-state index < -0.39 is 30.6 Å². The Morgan fingerprint density at radius 1 is 1.35 bits per heavy atom. The zero-order valence-electron chi connectivity index (χ0n) is 16.0. The van der Waals surface area contributed by atoms with Crippen molar-refractivity contribution in [3.05, 3.63) is 52.0 Å². The molecule has 1 aliphatic rings. The summed E-state index contributed by atoms with van der Waals surface area (Å²) in [5.74, 6) is -0.164. The van der Waals surface area contributed by atoms with Gasteiger partial charge in [0.2, 0.25) is 0 Å². The maximum atomic E-state index is 13.3. The van der Waals surface area contributed by atoms with Gasteiger partial charge < -0.3 is 0 Å². The molecule has 3 heterocycles. The summed E-state index contributed by atoms with van der Waals surface area (Å²) >= 11 is 1.11. The van der Waals surface area contributed by atoms with Crippen LogP contribution in [-0.2, 0) is 12.6 Å². The van der Waals surface area contributed by atoms with E-state index in [-0.39, 0.29) is 16.4 Å². The third-order valence-corrected chi connectivity index (χ3v) is 5.56. The molecule has 0 bridgehead atoms. The Labute approximate surface area is 178 Å². The van der Waals surface area contributed by atoms with Crippen molar-refractivity contribution in [2.75, 3.05) is 6.61 Å². The fourth-order valence-corrected chi connectivity index (χ4v) is 3.98. The first-order valence-corrected chi connectivity index (χ1v) is 10.3. The third kappa shape index (κ3) is 4.83. The van der Waals surface area contributed by atoms with E-state index in [1.807, 2.05) is 0 Å². The first-order valence-electron chi connectivity index (χ1n) is 9.39. The fraction of sp³-hybridized carbons (Fsp3) is 0.389. The molecule has 1 aliphatic carbocycles. The van der Waals surface area contributed by atoms with E-state index in [9.17, 15) is 18.3 Å². The summed E-state index contributed by atoms with van der Waals surface area (Å²) in [7, 11) is 0. The summed E-state index contributed by atoms with van der Waals surface area (Å²) in [5, 5.41) is 18.8. The first-order chi connectivity index (χ1) is 14.8. The van der Waals surface area contributed by atoms with Crippen molar-refractivity contribution < 1.29 is 28.1 Å². The van der Waals surface area contributed by atoms with E-state index in [0.29, 0.717) is 18.2 Å². The second-order valence-corrected chi connectivity index (χ2v) is 7.76. The van der Waals surface area contributed by atoms with Gasteiger partial charge in [0.25, 0.3) is 0 Å². The van der Waals surface area contributed by atoms with E-state index in [1.165, 1.54) is 6.33 Å². The number of halogens is 3. The number of aliphatic hydroxyl groups is 2. The minimum absolute atomic E-state index is 0.0416. The summed E-state index contributed by atoms with van der Waals surface area (Å²) in [6.45, 7) is -0.483. The van der Waals surface area contributed by atoms with Gasteiger partial charge in [0.1, 0.15) is 0 Å². The Hall–Kier alpha value is -2.64. The molecule has 3 N–H and O–H groups in total. The van der Waals surface area contributed by atoms with Crippen LogP contribution in [0, 0.1) is 0 Å². The predicted molar refractivity (Wildman–Crippen MR) is 105 cm³/mol. The molecule has 3 aromatic heterocycles. The summed E-state index contributed by atoms with van der Waals surface area (Å²) in [6.07, 6.45) is 1.17. The van der Waals surface area contributed by atoms with Crippen LogP contribution in [0.2, 0.25) is 0 Å². The van der Waals surface area contributed by atoms with Gasteiger partial charge in [0.15, 0.2) is 0 Å². The van der Waals surface area contributed by atoms with Crippen LogP contribution < -0.4 is 9.54 Å². The average Bonchev–Trinajstić information content (AvgIpc) is 3.22. The maximum absolute atomic E-state index is 13.3. The quantitative estimate of drug-likeness (QED) is 0.549. The molecule has 0 spiro atoms. The molecule has 0 aromatic carbocycles. The molecular weight excluding hydrogens is 434 g/mol. The third-order valence-electron chi connectivity index (χ3n) is 4.77. The van der Waals surface area contributed by atoms with Gasteiger partial charge in [0, 0.05) is 0 Å².